The summed E-state index contributed by atoms with van der Waals surface area (Å²) < 4.78 is 0. The Balaban J connectivity index is 3.39. The monoisotopic (exact) mass is 276 g/mol. The Morgan fingerprint density at radius 2 is 1.14 bits per heavy atom. The molecule has 0 radical (unpaired) electrons. The van der Waals surface area contributed by atoms with E-state index >= 15 is 0 Å². The molecule has 0 heterocycles. The Morgan fingerprint density at radius 1 is 0.619 bits per heavy atom. The van der Waals surface area contributed by atoms with Crippen molar-refractivity contribution in [2.75, 3.05) is 0 Å². The highest BCUT2D eigenvalue weighted by molar-refractivity contribution is 5.25. The standard InChI is InChI=1S/C21H24/c1-3-5-7-9-11-13-15-17-19-21-20-18-16-14-12-10-8-6-4-2/h1-2,5-8H,9-15,17,19H2/b7-5-,8-6-. The molecule has 0 amide bonds. The Bertz CT molecular complexity index is 495. The van der Waals surface area contributed by atoms with Gasteiger partial charge in [-0.1, -0.05) is 48.7 Å². The molecular weight excluding hydrogens is 252 g/mol. The molecule has 0 rings (SSSR count). The normalized spacial score (nSPS) is 9.43. The van der Waals surface area contributed by atoms with Crippen molar-refractivity contribution in [1.82, 2.24) is 0 Å². The van der Waals surface area contributed by atoms with E-state index in [1.807, 2.05) is 6.08 Å². The van der Waals surface area contributed by atoms with E-state index in [0.717, 1.165) is 38.5 Å². The van der Waals surface area contributed by atoms with Crippen LogP contribution < -0.4 is 0 Å². The summed E-state index contributed by atoms with van der Waals surface area (Å²) in [6.07, 6.45) is 27.6. The van der Waals surface area contributed by atoms with Crippen molar-refractivity contribution in [3.63, 3.8) is 0 Å². The summed E-state index contributed by atoms with van der Waals surface area (Å²) in [5.41, 5.74) is 0. The van der Waals surface area contributed by atoms with Gasteiger partial charge in [-0.2, -0.15) is 0 Å². The smallest absolute Gasteiger partial charge is 0.0102 e. The molecule has 0 saturated heterocycles. The van der Waals surface area contributed by atoms with E-state index in [1.165, 1.54) is 19.3 Å². The van der Waals surface area contributed by atoms with E-state index in [1.54, 1.807) is 12.2 Å². The van der Waals surface area contributed by atoms with Crippen molar-refractivity contribution >= 4 is 0 Å². The van der Waals surface area contributed by atoms with Gasteiger partial charge in [0.2, 0.25) is 0 Å². The largest absolute Gasteiger partial charge is 0.115 e. The van der Waals surface area contributed by atoms with Crippen LogP contribution in [0.2, 0.25) is 0 Å². The summed E-state index contributed by atoms with van der Waals surface area (Å²) in [5, 5.41) is 0. The summed E-state index contributed by atoms with van der Waals surface area (Å²) in [7, 11) is 0. The van der Waals surface area contributed by atoms with Gasteiger partial charge in [-0.25, -0.2) is 0 Å². The van der Waals surface area contributed by atoms with Crippen LogP contribution in [-0.4, -0.2) is 0 Å². The van der Waals surface area contributed by atoms with Gasteiger partial charge in [0, 0.05) is 12.8 Å². The highest BCUT2D eigenvalue weighted by Crippen LogP contribution is 2.05. The van der Waals surface area contributed by atoms with Gasteiger partial charge in [-0.05, 0) is 56.1 Å². The predicted molar refractivity (Wildman–Crippen MR) is 93.1 cm³/mol. The van der Waals surface area contributed by atoms with Crippen LogP contribution >= 0.6 is 0 Å². The first-order valence-electron chi connectivity index (χ1n) is 7.59. The van der Waals surface area contributed by atoms with Crippen molar-refractivity contribution in [3.05, 3.63) is 24.3 Å². The summed E-state index contributed by atoms with van der Waals surface area (Å²) in [6.45, 7) is 0. The number of allylic oxidation sites excluding steroid dienone is 4. The average Bonchev–Trinajstić information content (AvgIpc) is 2.50. The van der Waals surface area contributed by atoms with Crippen LogP contribution in [0.1, 0.15) is 57.8 Å². The van der Waals surface area contributed by atoms with Gasteiger partial charge in [-0.15, -0.1) is 12.8 Å². The van der Waals surface area contributed by atoms with E-state index in [4.69, 9.17) is 12.8 Å². The van der Waals surface area contributed by atoms with Gasteiger partial charge in [0.15, 0.2) is 0 Å². The lowest BCUT2D eigenvalue weighted by Crippen LogP contribution is -1.76. The molecule has 0 aliphatic carbocycles. The van der Waals surface area contributed by atoms with Crippen LogP contribution in [0.3, 0.4) is 0 Å². The van der Waals surface area contributed by atoms with Crippen LogP contribution in [0.5, 0.6) is 0 Å². The summed E-state index contributed by atoms with van der Waals surface area (Å²) in [6, 6.07) is 0. The number of unbranched alkanes of at least 4 members (excludes halogenated alkanes) is 7. The molecule has 0 aliphatic heterocycles. The minimum atomic E-state index is 0.884. The maximum absolute atomic E-state index is 5.12. The fourth-order valence-corrected chi connectivity index (χ4v) is 1.65. The van der Waals surface area contributed by atoms with Gasteiger partial charge < -0.3 is 0 Å². The lowest BCUT2D eigenvalue weighted by atomic mass is 10.1. The fraction of sp³-hybridized carbons (Fsp3) is 0.429. The zero-order chi connectivity index (χ0) is 15.4. The molecule has 0 N–H and O–H groups in total. The Morgan fingerprint density at radius 3 is 1.76 bits per heavy atom. The first-order valence-corrected chi connectivity index (χ1v) is 7.59. The molecule has 0 saturated carbocycles. The second-order valence-corrected chi connectivity index (χ2v) is 4.59. The van der Waals surface area contributed by atoms with Gasteiger partial charge >= 0.3 is 0 Å². The van der Waals surface area contributed by atoms with E-state index in [-0.39, 0.29) is 0 Å². The zero-order valence-corrected chi connectivity index (χ0v) is 12.8. The molecule has 21 heavy (non-hydrogen) atoms. The molecule has 0 fully saturated rings. The number of terminal acetylenes is 2. The Hall–Kier alpha value is -2.28. The number of rotatable bonds is 9. The van der Waals surface area contributed by atoms with Crippen molar-refractivity contribution < 1.29 is 0 Å². The average molecular weight is 276 g/mol. The molecule has 0 bridgehead atoms. The lowest BCUT2D eigenvalue weighted by Gasteiger charge is -1.94. The molecule has 0 nitrogen and oxygen atoms in total. The molecule has 0 unspecified atom stereocenters. The summed E-state index contributed by atoms with van der Waals surface area (Å²) in [4.78, 5) is 0. The predicted octanol–water partition coefficient (Wildman–Crippen LogP) is 4.88. The lowest BCUT2D eigenvalue weighted by molar-refractivity contribution is 0.656. The second-order valence-electron chi connectivity index (χ2n) is 4.59. The van der Waals surface area contributed by atoms with Crippen molar-refractivity contribution in [3.8, 4) is 48.4 Å². The quantitative estimate of drug-likeness (QED) is 0.416. The first kappa shape index (κ1) is 18.7. The number of hydrogen-bond donors (Lipinski definition) is 0. The minimum absolute atomic E-state index is 0.884. The van der Waals surface area contributed by atoms with Crippen molar-refractivity contribution in [1.29, 1.82) is 0 Å². The Kier molecular flexibility index (Phi) is 15.8. The third-order valence-electron chi connectivity index (χ3n) is 2.76. The van der Waals surface area contributed by atoms with Crippen LogP contribution in [-0.2, 0) is 0 Å². The second kappa shape index (κ2) is 17.7. The number of hydrogen-bond acceptors (Lipinski definition) is 0. The molecule has 0 aromatic heterocycles. The minimum Gasteiger partial charge on any atom is -0.115 e. The fourth-order valence-electron chi connectivity index (χ4n) is 1.65. The molecule has 108 valence electrons. The van der Waals surface area contributed by atoms with E-state index in [9.17, 15) is 0 Å². The topological polar surface area (TPSA) is 0 Å². The van der Waals surface area contributed by atoms with E-state index < -0.39 is 0 Å². The van der Waals surface area contributed by atoms with Crippen LogP contribution in [0.15, 0.2) is 24.3 Å². The first-order chi connectivity index (χ1) is 10.4. The highest BCUT2D eigenvalue weighted by Gasteiger charge is 1.86. The summed E-state index contributed by atoms with van der Waals surface area (Å²) in [5.74, 6) is 16.9. The van der Waals surface area contributed by atoms with Gasteiger partial charge in [0.25, 0.3) is 0 Å². The molecule has 0 heteroatoms. The molecule has 0 aliphatic rings. The summed E-state index contributed by atoms with van der Waals surface area (Å²) >= 11 is 0. The van der Waals surface area contributed by atoms with E-state index in [2.05, 4.69) is 41.6 Å². The molecular formula is C21H24. The molecule has 0 spiro atoms. The van der Waals surface area contributed by atoms with Gasteiger partial charge in [0.1, 0.15) is 0 Å². The highest BCUT2D eigenvalue weighted by atomic mass is 13.9. The van der Waals surface area contributed by atoms with Crippen molar-refractivity contribution in [2.24, 2.45) is 0 Å². The van der Waals surface area contributed by atoms with Crippen molar-refractivity contribution in [2.45, 2.75) is 57.8 Å². The molecule has 0 aromatic rings. The van der Waals surface area contributed by atoms with Gasteiger partial charge in [0.05, 0.1) is 0 Å². The van der Waals surface area contributed by atoms with Crippen LogP contribution in [0.25, 0.3) is 0 Å². The third-order valence-corrected chi connectivity index (χ3v) is 2.76. The van der Waals surface area contributed by atoms with Crippen LogP contribution in [0, 0.1) is 48.4 Å². The molecule has 0 aromatic carbocycles. The van der Waals surface area contributed by atoms with E-state index in [0.29, 0.717) is 0 Å². The maximum Gasteiger partial charge on any atom is 0.0102 e. The molecule has 0 atom stereocenters. The zero-order valence-electron chi connectivity index (χ0n) is 12.8. The third kappa shape index (κ3) is 17.7. The van der Waals surface area contributed by atoms with Crippen LogP contribution in [0.4, 0.5) is 0 Å². The maximum atomic E-state index is 5.12. The Labute approximate surface area is 131 Å². The SMILES string of the molecule is C#C/C=C\CCCC#CC#CCCCCCC/C=C\C#C. The van der Waals surface area contributed by atoms with Gasteiger partial charge in [-0.3, -0.25) is 0 Å².